The molecule has 10 nitrogen and oxygen atoms in total. The minimum atomic E-state index is -0.606. The monoisotopic (exact) mass is 576 g/mol. The van der Waals surface area contributed by atoms with Gasteiger partial charge in [-0.1, -0.05) is 11.6 Å². The van der Waals surface area contributed by atoms with Gasteiger partial charge < -0.3 is 19.5 Å². The number of carbonyl (C=O) groups is 3. The molecule has 1 aromatic heterocycles. The molecule has 196 valence electrons. The number of carbonyl (C=O) groups excluding carboxylic acids is 3. The number of ether oxygens (including phenoxy) is 3. The molecule has 0 aliphatic carbocycles. The lowest BCUT2D eigenvalue weighted by atomic mass is 10.0. The third-order valence-corrected chi connectivity index (χ3v) is 6.62. The van der Waals surface area contributed by atoms with Gasteiger partial charge in [0.15, 0.2) is 12.0 Å². The fourth-order valence-corrected chi connectivity index (χ4v) is 4.73. The number of nitrogens with zero attached hydrogens (tertiary/aromatic N) is 3. The Labute approximate surface area is 219 Å². The molecule has 35 heavy (non-hydrogen) atoms. The van der Waals surface area contributed by atoms with Gasteiger partial charge in [-0.25, -0.2) is 9.48 Å². The van der Waals surface area contributed by atoms with Crippen molar-refractivity contribution < 1.29 is 28.6 Å². The fourth-order valence-electron chi connectivity index (χ4n) is 3.99. The van der Waals surface area contributed by atoms with E-state index in [0.717, 1.165) is 29.4 Å². The topological polar surface area (TPSA) is 112 Å². The van der Waals surface area contributed by atoms with Crippen LogP contribution in [-0.2, 0) is 30.2 Å². The van der Waals surface area contributed by atoms with E-state index < -0.39 is 11.7 Å². The lowest BCUT2D eigenvalue weighted by Gasteiger charge is -2.33. The maximum absolute atomic E-state index is 12.5. The third kappa shape index (κ3) is 8.73. The SMILES string of the molecule is CC(C)(C)OC(=O)N1COC[C@@H](CC(=O)NCC(=O)CCc2c(Br)cnn2C2CCCC(Cl)O2)C1. The van der Waals surface area contributed by atoms with Crippen molar-refractivity contribution in [2.24, 2.45) is 5.92 Å². The first-order valence-corrected chi connectivity index (χ1v) is 13.1. The van der Waals surface area contributed by atoms with Gasteiger partial charge in [-0.15, -0.1) is 0 Å². The predicted molar refractivity (Wildman–Crippen MR) is 132 cm³/mol. The molecule has 12 heteroatoms. The summed E-state index contributed by atoms with van der Waals surface area (Å²) in [6, 6.07) is 0. The van der Waals surface area contributed by atoms with Crippen molar-refractivity contribution in [2.75, 3.05) is 26.4 Å². The molecular formula is C23H34BrClN4O6. The van der Waals surface area contributed by atoms with Crippen LogP contribution in [0.2, 0.25) is 0 Å². The number of Topliss-reactive ketones (excluding diaryl/α,β-unsaturated/α-hetero) is 1. The average Bonchev–Trinajstić information content (AvgIpc) is 3.15. The molecule has 0 spiro atoms. The lowest BCUT2D eigenvalue weighted by Crippen LogP contribution is -2.46. The molecule has 3 rings (SSSR count). The highest BCUT2D eigenvalue weighted by atomic mass is 79.9. The minimum Gasteiger partial charge on any atom is -0.444 e. The van der Waals surface area contributed by atoms with Gasteiger partial charge in [0, 0.05) is 25.3 Å². The number of halogens is 2. The highest BCUT2D eigenvalue weighted by Crippen LogP contribution is 2.31. The van der Waals surface area contributed by atoms with Crippen molar-refractivity contribution in [3.63, 3.8) is 0 Å². The first kappa shape index (κ1) is 27.9. The Kier molecular flexibility index (Phi) is 9.97. The highest BCUT2D eigenvalue weighted by Gasteiger charge is 2.29. The van der Waals surface area contributed by atoms with Gasteiger partial charge in [-0.3, -0.25) is 14.5 Å². The molecule has 2 aliphatic heterocycles. The van der Waals surface area contributed by atoms with E-state index in [-0.39, 0.29) is 55.5 Å². The fraction of sp³-hybridized carbons (Fsp3) is 0.739. The van der Waals surface area contributed by atoms with Crippen LogP contribution in [0.3, 0.4) is 0 Å². The number of ketones is 1. The Bertz CT molecular complexity index is 905. The summed E-state index contributed by atoms with van der Waals surface area (Å²) in [4.78, 5) is 38.5. The molecule has 2 unspecified atom stereocenters. The first-order valence-electron chi connectivity index (χ1n) is 11.9. The van der Waals surface area contributed by atoms with Gasteiger partial charge >= 0.3 is 6.09 Å². The molecular weight excluding hydrogens is 544 g/mol. The van der Waals surface area contributed by atoms with E-state index >= 15 is 0 Å². The van der Waals surface area contributed by atoms with Crippen molar-refractivity contribution in [3.8, 4) is 0 Å². The molecule has 2 amide bonds. The van der Waals surface area contributed by atoms with Crippen LogP contribution in [0.25, 0.3) is 0 Å². The van der Waals surface area contributed by atoms with Crippen molar-refractivity contribution in [1.29, 1.82) is 0 Å². The van der Waals surface area contributed by atoms with E-state index in [1.807, 2.05) is 0 Å². The maximum Gasteiger partial charge on any atom is 0.412 e. The summed E-state index contributed by atoms with van der Waals surface area (Å²) in [6.45, 7) is 6.19. The Morgan fingerprint density at radius 3 is 2.80 bits per heavy atom. The van der Waals surface area contributed by atoms with E-state index in [9.17, 15) is 14.4 Å². The molecule has 1 aromatic rings. The summed E-state index contributed by atoms with van der Waals surface area (Å²) in [5, 5.41) is 7.07. The van der Waals surface area contributed by atoms with Gasteiger partial charge in [0.25, 0.3) is 0 Å². The van der Waals surface area contributed by atoms with Gasteiger partial charge in [0.2, 0.25) is 5.91 Å². The molecule has 1 N–H and O–H groups in total. The maximum atomic E-state index is 12.5. The van der Waals surface area contributed by atoms with E-state index in [1.54, 1.807) is 31.6 Å². The van der Waals surface area contributed by atoms with Crippen molar-refractivity contribution in [3.05, 3.63) is 16.4 Å². The van der Waals surface area contributed by atoms with E-state index in [4.69, 9.17) is 25.8 Å². The summed E-state index contributed by atoms with van der Waals surface area (Å²) in [5.41, 5.74) is -0.0837. The zero-order valence-electron chi connectivity index (χ0n) is 20.4. The van der Waals surface area contributed by atoms with Crippen LogP contribution in [0.1, 0.15) is 64.8 Å². The van der Waals surface area contributed by atoms with Gasteiger partial charge in [-0.05, 0) is 62.4 Å². The van der Waals surface area contributed by atoms with Crippen LogP contribution in [0.15, 0.2) is 10.7 Å². The first-order chi connectivity index (χ1) is 16.5. The number of nitrogens with one attached hydrogen (secondary N) is 1. The van der Waals surface area contributed by atoms with Crippen molar-refractivity contribution in [1.82, 2.24) is 20.0 Å². The molecule has 0 bridgehead atoms. The standard InChI is InChI=1S/C23H34BrClN4O6/c1-23(2,3)35-22(32)28-12-15(13-33-14-28)9-20(31)26-10-16(30)7-8-18-17(24)11-27-29(18)21-6-4-5-19(25)34-21/h11,15,19,21H,4-10,12-14H2,1-3H3,(H,26,31)/t15-,19?,21?/m0/s1. The Morgan fingerprint density at radius 1 is 1.31 bits per heavy atom. The summed E-state index contributed by atoms with van der Waals surface area (Å²) in [5.74, 6) is -0.515. The molecule has 3 heterocycles. The van der Waals surface area contributed by atoms with Crippen LogP contribution in [-0.4, -0.2) is 70.1 Å². The highest BCUT2D eigenvalue weighted by molar-refractivity contribution is 9.10. The Morgan fingerprint density at radius 2 is 2.09 bits per heavy atom. The number of rotatable bonds is 8. The largest absolute Gasteiger partial charge is 0.444 e. The van der Waals surface area contributed by atoms with Crippen LogP contribution in [0.5, 0.6) is 0 Å². The van der Waals surface area contributed by atoms with Crippen molar-refractivity contribution >= 4 is 45.3 Å². The lowest BCUT2D eigenvalue weighted by molar-refractivity contribution is -0.127. The second-order valence-corrected chi connectivity index (χ2v) is 11.2. The summed E-state index contributed by atoms with van der Waals surface area (Å²) < 4.78 is 19.2. The molecule has 2 aliphatic rings. The minimum absolute atomic E-state index is 0.0579. The second-order valence-electron chi connectivity index (χ2n) is 9.90. The van der Waals surface area contributed by atoms with E-state index in [2.05, 4.69) is 26.3 Å². The normalized spacial score (nSPS) is 23.1. The smallest absolute Gasteiger partial charge is 0.412 e. The molecule has 0 saturated carbocycles. The summed E-state index contributed by atoms with van der Waals surface area (Å²) in [6.07, 6.45) is 4.40. The third-order valence-electron chi connectivity index (χ3n) is 5.64. The van der Waals surface area contributed by atoms with E-state index in [0.29, 0.717) is 19.6 Å². The average molecular weight is 578 g/mol. The zero-order valence-corrected chi connectivity index (χ0v) is 22.8. The number of alkyl halides is 1. The van der Waals surface area contributed by atoms with Crippen molar-refractivity contribution in [2.45, 2.75) is 76.7 Å². The molecule has 0 radical (unpaired) electrons. The van der Waals surface area contributed by atoms with Crippen LogP contribution in [0.4, 0.5) is 4.79 Å². The van der Waals surface area contributed by atoms with Gasteiger partial charge in [0.1, 0.15) is 17.9 Å². The quantitative estimate of drug-likeness (QED) is 0.468. The predicted octanol–water partition coefficient (Wildman–Crippen LogP) is 3.76. The Hall–Kier alpha value is -1.69. The number of amides is 2. The number of aromatic nitrogens is 2. The summed E-state index contributed by atoms with van der Waals surface area (Å²) in [7, 11) is 0. The van der Waals surface area contributed by atoms with Gasteiger partial charge in [0.05, 0.1) is 29.5 Å². The second kappa shape index (κ2) is 12.5. The van der Waals surface area contributed by atoms with Crippen LogP contribution < -0.4 is 5.32 Å². The summed E-state index contributed by atoms with van der Waals surface area (Å²) >= 11 is 9.63. The molecule has 2 saturated heterocycles. The van der Waals surface area contributed by atoms with Crippen LogP contribution in [0, 0.1) is 5.92 Å². The number of hydrogen-bond acceptors (Lipinski definition) is 7. The molecule has 3 atom stereocenters. The van der Waals surface area contributed by atoms with Gasteiger partial charge in [-0.2, -0.15) is 5.10 Å². The molecule has 0 aromatic carbocycles. The zero-order chi connectivity index (χ0) is 25.6. The van der Waals surface area contributed by atoms with E-state index in [1.165, 1.54) is 4.90 Å². The number of hydrogen-bond donors (Lipinski definition) is 1. The molecule has 2 fully saturated rings. The Balaban J connectivity index is 1.41. The van der Waals surface area contributed by atoms with Crippen LogP contribution >= 0.6 is 27.5 Å².